The quantitative estimate of drug-likeness (QED) is 0.161. The van der Waals surface area contributed by atoms with Gasteiger partial charge in [-0.1, -0.05) is 212 Å². The highest BCUT2D eigenvalue weighted by Gasteiger charge is 2.22. The Bertz CT molecular complexity index is 5540. The lowest BCUT2D eigenvalue weighted by molar-refractivity contribution is 0.954. The predicted molar refractivity (Wildman–Crippen MR) is 345 cm³/mol. The molecule has 0 unspecified atom stereocenters. The lowest BCUT2D eigenvalue weighted by Crippen LogP contribution is -2.06. The van der Waals surface area contributed by atoms with E-state index in [1.54, 1.807) is 0 Å². The van der Waals surface area contributed by atoms with Gasteiger partial charge in [0.05, 0.1) is 22.1 Å². The number of para-hydroxylation sites is 2. The molecule has 5 heteroatoms. The van der Waals surface area contributed by atoms with E-state index in [4.69, 9.17) is 15.0 Å². The fraction of sp³-hybridized carbons (Fsp3) is 0. The molecule has 18 aromatic rings. The average molecular weight is 1040 g/mol. The third kappa shape index (κ3) is 6.59. The van der Waals surface area contributed by atoms with Crippen molar-refractivity contribution in [3.05, 3.63) is 273 Å². The minimum absolute atomic E-state index is 0.557. The summed E-state index contributed by atoms with van der Waals surface area (Å²) in [5.41, 5.74) is 9.66. The van der Waals surface area contributed by atoms with Crippen LogP contribution in [-0.4, -0.2) is 24.1 Å². The SMILES string of the molecule is c1ccc2c(c1)ccc1cc(-n3c4ccccc4c4cc(-c5ccc6c(c5)c5ccccc5n6-c5nc(-c6ccc7c8ccccc8c8ccccc8c7c6)nc(-c6ccc7c8ccccc8c8ccccc8c7c6)n5)ccc43)ccc12. The van der Waals surface area contributed by atoms with Crippen LogP contribution in [0.25, 0.3) is 175 Å². The maximum atomic E-state index is 5.51. The maximum Gasteiger partial charge on any atom is 0.238 e. The fourth-order valence-corrected chi connectivity index (χ4v) is 13.8. The number of fused-ring (bicyclic) bond motifs is 21. The van der Waals surface area contributed by atoms with Crippen molar-refractivity contribution in [2.45, 2.75) is 0 Å². The Hall–Kier alpha value is -11.0. The van der Waals surface area contributed by atoms with Crippen LogP contribution < -0.4 is 0 Å². The highest BCUT2D eigenvalue weighted by molar-refractivity contribution is 6.27. The van der Waals surface area contributed by atoms with Crippen molar-refractivity contribution < 1.29 is 0 Å². The Morgan fingerprint density at radius 2 is 0.537 bits per heavy atom. The second kappa shape index (κ2) is 17.2. The van der Waals surface area contributed by atoms with Crippen LogP contribution in [0.15, 0.2) is 273 Å². The molecule has 0 bridgehead atoms. The summed E-state index contributed by atoms with van der Waals surface area (Å²) in [5.74, 6) is 1.77. The van der Waals surface area contributed by atoms with E-state index in [9.17, 15) is 0 Å². The molecule has 0 atom stereocenters. The minimum atomic E-state index is 0.557. The smallest absolute Gasteiger partial charge is 0.238 e. The number of nitrogens with zero attached hydrogens (tertiary/aromatic N) is 5. The van der Waals surface area contributed by atoms with Gasteiger partial charge < -0.3 is 4.57 Å². The van der Waals surface area contributed by atoms with Gasteiger partial charge in [-0.2, -0.15) is 9.97 Å². The van der Waals surface area contributed by atoms with Crippen molar-refractivity contribution in [2.75, 3.05) is 0 Å². The first kappa shape index (κ1) is 44.9. The van der Waals surface area contributed by atoms with Gasteiger partial charge in [-0.15, -0.1) is 0 Å². The van der Waals surface area contributed by atoms with Crippen LogP contribution in [0.2, 0.25) is 0 Å². The standard InChI is InChI=1S/C77H45N5/c1-2-16-53-46(15-1)29-30-49-41-52(35-38-54(49)53)81-71-27-13-11-25-65(71)69-42-47(33-39-73(69)81)48-34-40-74-70(43-48)66-26-12-14-28-72(66)82(74)77-79-75(50-31-36-63-59-21-5-3-17-55(59)57-19-7-9-23-61(57)67(63)44-50)78-76(80-77)51-32-37-64-60-22-6-4-18-56(60)58-20-8-10-24-62(58)68(64)45-51/h1-45H. The van der Waals surface area contributed by atoms with Crippen LogP contribution in [0.4, 0.5) is 0 Å². The van der Waals surface area contributed by atoms with Crippen molar-refractivity contribution in [1.82, 2.24) is 24.1 Å². The van der Waals surface area contributed by atoms with Crippen molar-refractivity contribution >= 4 is 130 Å². The molecule has 5 nitrogen and oxygen atoms in total. The second-order valence-electron chi connectivity index (χ2n) is 21.8. The summed E-state index contributed by atoms with van der Waals surface area (Å²) >= 11 is 0. The van der Waals surface area contributed by atoms with Gasteiger partial charge in [-0.25, -0.2) is 4.98 Å². The third-order valence-electron chi connectivity index (χ3n) is 17.5. The van der Waals surface area contributed by atoms with Crippen molar-refractivity contribution in [3.63, 3.8) is 0 Å². The van der Waals surface area contributed by atoms with Crippen molar-refractivity contribution in [1.29, 1.82) is 0 Å². The summed E-state index contributed by atoms with van der Waals surface area (Å²) in [6.45, 7) is 0. The molecule has 82 heavy (non-hydrogen) atoms. The van der Waals surface area contributed by atoms with Crippen LogP contribution in [0, 0.1) is 0 Å². The Morgan fingerprint density at radius 3 is 1.05 bits per heavy atom. The van der Waals surface area contributed by atoms with Gasteiger partial charge in [0, 0.05) is 38.4 Å². The highest BCUT2D eigenvalue weighted by Crippen LogP contribution is 2.42. The minimum Gasteiger partial charge on any atom is -0.309 e. The summed E-state index contributed by atoms with van der Waals surface area (Å²) in [5, 5.41) is 24.2. The van der Waals surface area contributed by atoms with Gasteiger partial charge in [0.25, 0.3) is 0 Å². The number of rotatable bonds is 5. The summed E-state index contributed by atoms with van der Waals surface area (Å²) in [4.78, 5) is 16.5. The molecule has 15 aromatic carbocycles. The number of benzene rings is 15. The molecule has 378 valence electrons. The predicted octanol–water partition coefficient (Wildman–Crippen LogP) is 20.3. The third-order valence-corrected chi connectivity index (χ3v) is 17.5. The van der Waals surface area contributed by atoms with E-state index in [2.05, 4.69) is 282 Å². The summed E-state index contributed by atoms with van der Waals surface area (Å²) in [7, 11) is 0. The molecule has 0 saturated heterocycles. The number of hydrogen-bond acceptors (Lipinski definition) is 3. The topological polar surface area (TPSA) is 48.5 Å². The molecule has 0 N–H and O–H groups in total. The second-order valence-corrected chi connectivity index (χ2v) is 21.8. The first-order chi connectivity index (χ1) is 40.6. The van der Waals surface area contributed by atoms with E-state index in [1.165, 1.54) is 97.2 Å². The summed E-state index contributed by atoms with van der Waals surface area (Å²) < 4.78 is 4.65. The van der Waals surface area contributed by atoms with E-state index in [-0.39, 0.29) is 0 Å². The average Bonchev–Trinajstić information content (AvgIpc) is 3.61. The van der Waals surface area contributed by atoms with Gasteiger partial charge in [0.2, 0.25) is 5.95 Å². The molecule has 0 aliphatic heterocycles. The Kier molecular flexibility index (Phi) is 9.45. The number of aromatic nitrogens is 5. The Morgan fingerprint density at radius 1 is 0.195 bits per heavy atom. The largest absolute Gasteiger partial charge is 0.309 e. The van der Waals surface area contributed by atoms with Crippen LogP contribution in [0.5, 0.6) is 0 Å². The Balaban J connectivity index is 0.827. The zero-order chi connectivity index (χ0) is 53.6. The monoisotopic (exact) mass is 1040 g/mol. The van der Waals surface area contributed by atoms with Gasteiger partial charge >= 0.3 is 0 Å². The first-order valence-electron chi connectivity index (χ1n) is 28.1. The van der Waals surface area contributed by atoms with Crippen LogP contribution in [-0.2, 0) is 0 Å². The molecule has 3 heterocycles. The molecule has 0 radical (unpaired) electrons. The van der Waals surface area contributed by atoms with E-state index >= 15 is 0 Å². The highest BCUT2D eigenvalue weighted by atomic mass is 15.2. The Labute approximate surface area is 469 Å². The van der Waals surface area contributed by atoms with Gasteiger partial charge in [-0.3, -0.25) is 4.57 Å². The molecule has 0 aliphatic rings. The van der Waals surface area contributed by atoms with Gasteiger partial charge in [0.15, 0.2) is 11.6 Å². The van der Waals surface area contributed by atoms with Crippen LogP contribution in [0.3, 0.4) is 0 Å². The van der Waals surface area contributed by atoms with E-state index in [1.807, 2.05) is 0 Å². The van der Waals surface area contributed by atoms with Crippen LogP contribution >= 0.6 is 0 Å². The van der Waals surface area contributed by atoms with Gasteiger partial charge in [0.1, 0.15) is 0 Å². The summed E-state index contributed by atoms with van der Waals surface area (Å²) in [6, 6.07) is 99.6. The van der Waals surface area contributed by atoms with E-state index in [0.717, 1.165) is 60.5 Å². The molecule has 18 rings (SSSR count). The first-order valence-corrected chi connectivity index (χ1v) is 28.1. The molecule has 3 aromatic heterocycles. The molecule has 0 aliphatic carbocycles. The normalized spacial score (nSPS) is 12.1. The van der Waals surface area contributed by atoms with Gasteiger partial charge in [-0.05, 0) is 158 Å². The van der Waals surface area contributed by atoms with Crippen molar-refractivity contribution in [2.24, 2.45) is 0 Å². The molecular weight excluding hydrogens is 995 g/mol. The van der Waals surface area contributed by atoms with Crippen molar-refractivity contribution in [3.8, 4) is 45.5 Å². The number of hydrogen-bond donors (Lipinski definition) is 0. The van der Waals surface area contributed by atoms with Crippen LogP contribution in [0.1, 0.15) is 0 Å². The molecule has 0 fully saturated rings. The van der Waals surface area contributed by atoms with E-state index < -0.39 is 0 Å². The lowest BCUT2D eigenvalue weighted by atomic mass is 9.93. The molecule has 0 spiro atoms. The lowest BCUT2D eigenvalue weighted by Gasteiger charge is -2.14. The van der Waals surface area contributed by atoms with E-state index in [0.29, 0.717) is 17.6 Å². The fourth-order valence-electron chi connectivity index (χ4n) is 13.8. The molecular formula is C77H45N5. The maximum absolute atomic E-state index is 5.51. The summed E-state index contributed by atoms with van der Waals surface area (Å²) in [6.07, 6.45) is 0. The molecule has 0 saturated carbocycles. The zero-order valence-electron chi connectivity index (χ0n) is 44.2. The zero-order valence-corrected chi connectivity index (χ0v) is 44.2. The molecule has 0 amide bonds.